The van der Waals surface area contributed by atoms with Gasteiger partial charge in [-0.15, -0.1) is 0 Å². The number of hydrogen-bond acceptors (Lipinski definition) is 1. The van der Waals surface area contributed by atoms with E-state index < -0.39 is 11.6 Å². The number of benzene rings is 2. The average Bonchev–Trinajstić information content (AvgIpc) is 2.37. The van der Waals surface area contributed by atoms with Crippen molar-refractivity contribution in [2.24, 2.45) is 0 Å². The first-order valence-electron chi connectivity index (χ1n) is 5.39. The zero-order valence-corrected chi connectivity index (χ0v) is 11.9. The van der Waals surface area contributed by atoms with Gasteiger partial charge in [0.1, 0.15) is 11.6 Å². The molecule has 19 heavy (non-hydrogen) atoms. The van der Waals surface area contributed by atoms with Crippen molar-refractivity contribution in [3.63, 3.8) is 0 Å². The molecular formula is C14H8BrClF2O. The van der Waals surface area contributed by atoms with Gasteiger partial charge >= 0.3 is 0 Å². The molecule has 5 heteroatoms. The third-order valence-electron chi connectivity index (χ3n) is 2.60. The summed E-state index contributed by atoms with van der Waals surface area (Å²) < 4.78 is 26.7. The second kappa shape index (κ2) is 5.80. The Bertz CT molecular complexity index is 643. The van der Waals surface area contributed by atoms with Gasteiger partial charge in [0.2, 0.25) is 0 Å². The number of Topliss-reactive ketones (excluding diaryl/α,β-unsaturated/α-hetero) is 1. The van der Waals surface area contributed by atoms with Gasteiger partial charge in [0.15, 0.2) is 5.78 Å². The normalized spacial score (nSPS) is 10.5. The summed E-state index contributed by atoms with van der Waals surface area (Å²) >= 11 is 8.89. The lowest BCUT2D eigenvalue weighted by atomic mass is 10.0. The maximum Gasteiger partial charge on any atom is 0.167 e. The molecule has 2 aromatic carbocycles. The van der Waals surface area contributed by atoms with Gasteiger partial charge in [0.25, 0.3) is 0 Å². The van der Waals surface area contributed by atoms with E-state index in [0.29, 0.717) is 10.6 Å². The average molecular weight is 346 g/mol. The largest absolute Gasteiger partial charge is 0.294 e. The van der Waals surface area contributed by atoms with Crippen LogP contribution in [-0.2, 0) is 6.42 Å². The molecule has 0 N–H and O–H groups in total. The molecular weight excluding hydrogens is 338 g/mol. The Morgan fingerprint density at radius 2 is 1.89 bits per heavy atom. The highest BCUT2D eigenvalue weighted by Crippen LogP contribution is 2.21. The van der Waals surface area contributed by atoms with E-state index in [1.807, 2.05) is 0 Å². The fraction of sp³-hybridized carbons (Fsp3) is 0.0714. The van der Waals surface area contributed by atoms with Crippen molar-refractivity contribution >= 4 is 33.3 Å². The van der Waals surface area contributed by atoms with Gasteiger partial charge < -0.3 is 0 Å². The van der Waals surface area contributed by atoms with Crippen LogP contribution in [0.25, 0.3) is 0 Å². The molecule has 0 spiro atoms. The van der Waals surface area contributed by atoms with Gasteiger partial charge in [-0.1, -0.05) is 17.7 Å². The van der Waals surface area contributed by atoms with E-state index in [2.05, 4.69) is 15.9 Å². The Kier molecular flexibility index (Phi) is 4.32. The zero-order chi connectivity index (χ0) is 14.0. The smallest absolute Gasteiger partial charge is 0.167 e. The van der Waals surface area contributed by atoms with E-state index in [-0.39, 0.29) is 22.2 Å². The van der Waals surface area contributed by atoms with Crippen LogP contribution in [0.2, 0.25) is 5.02 Å². The summed E-state index contributed by atoms with van der Waals surface area (Å²) in [5.74, 6) is -1.30. The number of halogens is 4. The summed E-state index contributed by atoms with van der Waals surface area (Å²) in [4.78, 5) is 12.0. The Hall–Kier alpha value is -1.26. The first-order valence-corrected chi connectivity index (χ1v) is 6.56. The molecule has 0 aromatic heterocycles. The minimum Gasteiger partial charge on any atom is -0.294 e. The summed E-state index contributed by atoms with van der Waals surface area (Å²) in [6.45, 7) is 0. The van der Waals surface area contributed by atoms with Gasteiger partial charge in [-0.2, -0.15) is 0 Å². The molecule has 2 aromatic rings. The first kappa shape index (κ1) is 14.2. The molecule has 0 heterocycles. The molecule has 1 nitrogen and oxygen atoms in total. The first-order chi connectivity index (χ1) is 8.97. The van der Waals surface area contributed by atoms with E-state index in [0.717, 1.165) is 6.07 Å². The minimum absolute atomic E-state index is 0.0718. The van der Waals surface area contributed by atoms with Crippen LogP contribution in [0.3, 0.4) is 0 Å². The summed E-state index contributed by atoms with van der Waals surface area (Å²) in [5, 5.41) is 0.312. The molecule has 2 rings (SSSR count). The third kappa shape index (κ3) is 3.39. The van der Waals surface area contributed by atoms with Crippen LogP contribution in [0, 0.1) is 11.6 Å². The monoisotopic (exact) mass is 344 g/mol. The zero-order valence-electron chi connectivity index (χ0n) is 9.59. The molecule has 0 aliphatic rings. The van der Waals surface area contributed by atoms with Crippen molar-refractivity contribution in [2.75, 3.05) is 0 Å². The van der Waals surface area contributed by atoms with Crippen molar-refractivity contribution in [3.8, 4) is 0 Å². The van der Waals surface area contributed by atoms with Crippen molar-refractivity contribution in [2.45, 2.75) is 6.42 Å². The van der Waals surface area contributed by atoms with Gasteiger partial charge in [-0.3, -0.25) is 4.79 Å². The summed E-state index contributed by atoms with van der Waals surface area (Å²) in [7, 11) is 0. The number of ketones is 1. The maximum atomic E-state index is 13.3. The number of carbonyl (C=O) groups is 1. The molecule has 98 valence electrons. The molecule has 0 aliphatic carbocycles. The van der Waals surface area contributed by atoms with Crippen LogP contribution >= 0.6 is 27.5 Å². The van der Waals surface area contributed by atoms with E-state index >= 15 is 0 Å². The predicted molar refractivity (Wildman–Crippen MR) is 73.5 cm³/mol. The van der Waals surface area contributed by atoms with Crippen LogP contribution < -0.4 is 0 Å². The second-order valence-electron chi connectivity index (χ2n) is 3.96. The molecule has 0 fully saturated rings. The standard InChI is InChI=1S/C14H8BrClF2O/c15-11-3-1-8(6-13(11)18)14(19)7-9-5-10(17)2-4-12(9)16/h1-6H,7H2. The topological polar surface area (TPSA) is 17.1 Å². The lowest BCUT2D eigenvalue weighted by Gasteiger charge is -2.05. The van der Waals surface area contributed by atoms with Gasteiger partial charge in [-0.25, -0.2) is 8.78 Å². The molecule has 0 radical (unpaired) electrons. The van der Waals surface area contributed by atoms with Gasteiger partial charge in [0, 0.05) is 17.0 Å². The van der Waals surface area contributed by atoms with Crippen LogP contribution in [0.4, 0.5) is 8.78 Å². The van der Waals surface area contributed by atoms with Crippen LogP contribution in [0.5, 0.6) is 0 Å². The number of carbonyl (C=O) groups excluding carboxylic acids is 1. The highest BCUT2D eigenvalue weighted by atomic mass is 79.9. The Morgan fingerprint density at radius 3 is 2.58 bits per heavy atom. The van der Waals surface area contributed by atoms with E-state index in [1.165, 1.54) is 30.3 Å². The van der Waals surface area contributed by atoms with E-state index in [9.17, 15) is 13.6 Å². The summed E-state index contributed by atoms with van der Waals surface area (Å²) in [6.07, 6.45) is -0.0718. The Morgan fingerprint density at radius 1 is 1.16 bits per heavy atom. The predicted octanol–water partition coefficient (Wildman–Crippen LogP) is 4.81. The SMILES string of the molecule is O=C(Cc1cc(F)ccc1Cl)c1ccc(Br)c(F)c1. The number of rotatable bonds is 3. The maximum absolute atomic E-state index is 13.3. The lowest BCUT2D eigenvalue weighted by molar-refractivity contribution is 0.0992. The summed E-state index contributed by atoms with van der Waals surface area (Å²) in [5.41, 5.74) is 0.607. The molecule has 0 aliphatic heterocycles. The van der Waals surface area contributed by atoms with E-state index in [4.69, 9.17) is 11.6 Å². The van der Waals surface area contributed by atoms with Gasteiger partial charge in [-0.05, 0) is 51.8 Å². The molecule has 0 atom stereocenters. The van der Waals surface area contributed by atoms with E-state index in [1.54, 1.807) is 0 Å². The lowest BCUT2D eigenvalue weighted by Crippen LogP contribution is -2.05. The van der Waals surface area contributed by atoms with Crippen LogP contribution in [-0.4, -0.2) is 5.78 Å². The quantitative estimate of drug-likeness (QED) is 0.730. The molecule has 0 amide bonds. The van der Waals surface area contributed by atoms with Gasteiger partial charge in [0.05, 0.1) is 4.47 Å². The van der Waals surface area contributed by atoms with Crippen molar-refractivity contribution in [1.29, 1.82) is 0 Å². The van der Waals surface area contributed by atoms with Crippen molar-refractivity contribution in [3.05, 3.63) is 68.7 Å². The fourth-order valence-electron chi connectivity index (χ4n) is 1.62. The molecule has 0 saturated heterocycles. The van der Waals surface area contributed by atoms with Crippen molar-refractivity contribution in [1.82, 2.24) is 0 Å². The fourth-order valence-corrected chi connectivity index (χ4v) is 2.05. The van der Waals surface area contributed by atoms with Crippen LogP contribution in [0.15, 0.2) is 40.9 Å². The minimum atomic E-state index is -0.517. The third-order valence-corrected chi connectivity index (χ3v) is 3.61. The number of hydrogen-bond donors (Lipinski definition) is 0. The summed E-state index contributed by atoms with van der Waals surface area (Å²) in [6, 6.07) is 7.91. The Balaban J connectivity index is 2.25. The van der Waals surface area contributed by atoms with Crippen LogP contribution in [0.1, 0.15) is 15.9 Å². The second-order valence-corrected chi connectivity index (χ2v) is 5.23. The molecule has 0 saturated carbocycles. The molecule has 0 bridgehead atoms. The highest BCUT2D eigenvalue weighted by molar-refractivity contribution is 9.10. The van der Waals surface area contributed by atoms with Crippen molar-refractivity contribution < 1.29 is 13.6 Å². The Labute approximate surface area is 122 Å². The highest BCUT2D eigenvalue weighted by Gasteiger charge is 2.12. The molecule has 0 unspecified atom stereocenters.